The summed E-state index contributed by atoms with van der Waals surface area (Å²) in [5, 5.41) is 8.78. The molecule has 0 aliphatic heterocycles. The molecule has 1 aromatic heterocycles. The third kappa shape index (κ3) is 6.21. The fourth-order valence-corrected chi connectivity index (χ4v) is 3.62. The first kappa shape index (κ1) is 25.6. The van der Waals surface area contributed by atoms with Crippen LogP contribution in [0.5, 0.6) is 17.2 Å². The Morgan fingerprint density at radius 3 is 2.24 bits per heavy atom. The number of nitrogens with zero attached hydrogens (tertiary/aromatic N) is 2. The predicted molar refractivity (Wildman–Crippen MR) is 129 cm³/mol. The average Bonchev–Trinajstić information content (AvgIpc) is 3.31. The highest BCUT2D eigenvalue weighted by atomic mass is 19.4. The van der Waals surface area contributed by atoms with Crippen molar-refractivity contribution < 1.29 is 37.3 Å². The molecule has 4 rings (SSSR count). The molecule has 0 fully saturated rings. The number of carbonyl (C=O) groups is 1. The first-order valence-corrected chi connectivity index (χ1v) is 11.1. The van der Waals surface area contributed by atoms with E-state index >= 15 is 0 Å². The normalized spacial score (nSPS) is 11.3. The molecule has 0 saturated carbocycles. The zero-order chi connectivity index (χ0) is 26.6. The van der Waals surface area contributed by atoms with Gasteiger partial charge in [0.25, 0.3) is 0 Å². The molecule has 0 amide bonds. The molecule has 1 N–H and O–H groups in total. The number of methoxy groups -OCH3 is 1. The molecule has 0 unspecified atom stereocenters. The van der Waals surface area contributed by atoms with Crippen LogP contribution in [0.4, 0.5) is 13.2 Å². The molecule has 0 atom stereocenters. The van der Waals surface area contributed by atoms with Crippen molar-refractivity contribution in [3.8, 4) is 34.3 Å². The quantitative estimate of drug-likeness (QED) is 0.300. The van der Waals surface area contributed by atoms with Crippen molar-refractivity contribution >= 4 is 5.97 Å². The lowest BCUT2D eigenvalue weighted by atomic mass is 10.1. The van der Waals surface area contributed by atoms with Gasteiger partial charge in [0, 0.05) is 17.4 Å². The van der Waals surface area contributed by atoms with Gasteiger partial charge in [-0.25, -0.2) is 9.78 Å². The lowest BCUT2D eigenvalue weighted by Crippen LogP contribution is -2.10. The summed E-state index contributed by atoms with van der Waals surface area (Å²) in [4.78, 5) is 15.4. The number of halogens is 3. The van der Waals surface area contributed by atoms with Gasteiger partial charge in [0.2, 0.25) is 0 Å². The van der Waals surface area contributed by atoms with Gasteiger partial charge < -0.3 is 19.3 Å². The summed E-state index contributed by atoms with van der Waals surface area (Å²) >= 11 is 0. The minimum Gasteiger partial charge on any atom is -0.497 e. The molecule has 4 aromatic rings. The smallest absolute Gasteiger partial charge is 0.416 e. The number of carboxylic acid groups (broad SMARTS) is 1. The second-order valence-electron chi connectivity index (χ2n) is 8.10. The maximum atomic E-state index is 13.1. The van der Waals surface area contributed by atoms with E-state index in [0.717, 1.165) is 17.7 Å². The largest absolute Gasteiger partial charge is 0.497 e. The summed E-state index contributed by atoms with van der Waals surface area (Å²) < 4.78 is 57.2. The lowest BCUT2D eigenvalue weighted by Gasteiger charge is -2.11. The van der Waals surface area contributed by atoms with Crippen LogP contribution in [0.1, 0.15) is 16.8 Å². The first-order chi connectivity index (χ1) is 17.6. The maximum absolute atomic E-state index is 13.1. The van der Waals surface area contributed by atoms with Crippen molar-refractivity contribution in [3.63, 3.8) is 0 Å². The van der Waals surface area contributed by atoms with Crippen LogP contribution in [-0.4, -0.2) is 34.3 Å². The van der Waals surface area contributed by atoms with Gasteiger partial charge in [0.1, 0.15) is 29.7 Å². The molecule has 1 heterocycles. The van der Waals surface area contributed by atoms with Crippen molar-refractivity contribution in [1.82, 2.24) is 9.55 Å². The number of hydrogen-bond acceptors (Lipinski definition) is 5. The van der Waals surface area contributed by atoms with E-state index in [0.29, 0.717) is 40.0 Å². The Morgan fingerprint density at radius 2 is 1.65 bits per heavy atom. The molecule has 3 aromatic carbocycles. The Morgan fingerprint density at radius 1 is 0.973 bits per heavy atom. The van der Waals surface area contributed by atoms with Gasteiger partial charge in [-0.2, -0.15) is 13.2 Å². The topological polar surface area (TPSA) is 82.8 Å². The molecule has 37 heavy (non-hydrogen) atoms. The van der Waals surface area contributed by atoms with E-state index in [1.54, 1.807) is 55.1 Å². The number of benzene rings is 3. The van der Waals surface area contributed by atoms with Gasteiger partial charge >= 0.3 is 12.1 Å². The number of carboxylic acids is 1. The van der Waals surface area contributed by atoms with Crippen LogP contribution in [0, 0.1) is 6.92 Å². The maximum Gasteiger partial charge on any atom is 0.416 e. The van der Waals surface area contributed by atoms with Crippen LogP contribution in [0.3, 0.4) is 0 Å². The Balaban J connectivity index is 1.60. The molecular formula is C27H23F3N2O5. The van der Waals surface area contributed by atoms with Crippen LogP contribution in [0.15, 0.2) is 72.9 Å². The number of aryl methyl sites for hydroxylation is 1. The van der Waals surface area contributed by atoms with Gasteiger partial charge in [0.05, 0.1) is 18.4 Å². The summed E-state index contributed by atoms with van der Waals surface area (Å²) in [6, 6.07) is 17.0. The summed E-state index contributed by atoms with van der Waals surface area (Å²) in [5.41, 5.74) is 1.76. The Hall–Kier alpha value is -4.47. The van der Waals surface area contributed by atoms with Crippen LogP contribution in [0.2, 0.25) is 0 Å². The molecule has 0 saturated heterocycles. The van der Waals surface area contributed by atoms with Crippen LogP contribution in [0.25, 0.3) is 17.1 Å². The van der Waals surface area contributed by atoms with Crippen LogP contribution < -0.4 is 14.2 Å². The minimum atomic E-state index is -4.43. The average molecular weight is 512 g/mol. The van der Waals surface area contributed by atoms with E-state index in [2.05, 4.69) is 4.98 Å². The molecule has 0 spiro atoms. The molecule has 0 aliphatic carbocycles. The molecule has 10 heteroatoms. The third-order valence-electron chi connectivity index (χ3n) is 5.46. The highest BCUT2D eigenvalue weighted by molar-refractivity contribution is 5.68. The van der Waals surface area contributed by atoms with E-state index < -0.39 is 24.3 Å². The molecule has 0 radical (unpaired) electrons. The summed E-state index contributed by atoms with van der Waals surface area (Å²) in [7, 11) is 1.56. The van der Waals surface area contributed by atoms with Crippen molar-refractivity contribution in [2.75, 3.05) is 13.7 Å². The fraction of sp³-hybridized carbons (Fsp3) is 0.185. The van der Waals surface area contributed by atoms with E-state index in [9.17, 15) is 18.0 Å². The Labute approximate surface area is 210 Å². The van der Waals surface area contributed by atoms with Crippen molar-refractivity contribution in [1.29, 1.82) is 0 Å². The van der Waals surface area contributed by atoms with Gasteiger partial charge in [-0.1, -0.05) is 0 Å². The standard InChI is InChI=1S/C27H23F3N2O5/c1-17-13-23(11-12-24(17)37-16-25(33)34)36-15-20-14-32(21-7-5-19(6-8-21)27(28,29)30)26(31-20)18-3-9-22(35-2)10-4-18/h3-14H,15-16H2,1-2H3,(H,33,34). The summed E-state index contributed by atoms with van der Waals surface area (Å²) in [5.74, 6) is 1.06. The second-order valence-corrected chi connectivity index (χ2v) is 8.10. The minimum absolute atomic E-state index is 0.0888. The number of aliphatic carboxylic acids is 1. The number of rotatable bonds is 9. The molecule has 7 nitrogen and oxygen atoms in total. The van der Waals surface area contributed by atoms with Gasteiger partial charge in [-0.15, -0.1) is 0 Å². The van der Waals surface area contributed by atoms with Crippen LogP contribution in [-0.2, 0) is 17.6 Å². The zero-order valence-electron chi connectivity index (χ0n) is 20.0. The Kier molecular flexibility index (Phi) is 7.37. The molecule has 0 bridgehead atoms. The van der Waals surface area contributed by atoms with Gasteiger partial charge in [0.15, 0.2) is 6.61 Å². The predicted octanol–water partition coefficient (Wildman–Crippen LogP) is 5.92. The number of imidazole rings is 1. The van der Waals surface area contributed by atoms with Crippen molar-refractivity contribution in [2.24, 2.45) is 0 Å². The highest BCUT2D eigenvalue weighted by Crippen LogP contribution is 2.31. The van der Waals surface area contributed by atoms with Crippen molar-refractivity contribution in [2.45, 2.75) is 19.7 Å². The number of aromatic nitrogens is 2. The van der Waals surface area contributed by atoms with E-state index in [-0.39, 0.29) is 6.61 Å². The second kappa shape index (κ2) is 10.7. The SMILES string of the molecule is COc1ccc(-c2nc(COc3ccc(OCC(=O)O)c(C)c3)cn2-c2ccc(C(F)(F)F)cc2)cc1. The zero-order valence-corrected chi connectivity index (χ0v) is 20.0. The number of ether oxygens (including phenoxy) is 3. The highest BCUT2D eigenvalue weighted by Gasteiger charge is 2.30. The monoisotopic (exact) mass is 512 g/mol. The Bertz CT molecular complexity index is 1380. The van der Waals surface area contributed by atoms with Crippen molar-refractivity contribution in [3.05, 3.63) is 89.7 Å². The lowest BCUT2D eigenvalue weighted by molar-refractivity contribution is -0.139. The first-order valence-electron chi connectivity index (χ1n) is 11.1. The fourth-order valence-electron chi connectivity index (χ4n) is 3.62. The third-order valence-corrected chi connectivity index (χ3v) is 5.46. The van der Waals surface area contributed by atoms with Gasteiger partial charge in [-0.3, -0.25) is 4.57 Å². The molecular weight excluding hydrogens is 489 g/mol. The summed E-state index contributed by atoms with van der Waals surface area (Å²) in [6.45, 7) is 1.41. The van der Waals surface area contributed by atoms with Crippen LogP contribution >= 0.6 is 0 Å². The van der Waals surface area contributed by atoms with E-state index in [1.165, 1.54) is 12.1 Å². The molecule has 0 aliphatic rings. The number of hydrogen-bond donors (Lipinski definition) is 1. The van der Waals surface area contributed by atoms with E-state index in [4.69, 9.17) is 19.3 Å². The van der Waals surface area contributed by atoms with E-state index in [1.807, 2.05) is 12.1 Å². The molecule has 192 valence electrons. The van der Waals surface area contributed by atoms with Gasteiger partial charge in [-0.05, 0) is 79.2 Å². The number of alkyl halides is 3. The summed E-state index contributed by atoms with van der Waals surface area (Å²) in [6.07, 6.45) is -2.73.